The van der Waals surface area contributed by atoms with E-state index in [1.165, 1.54) is 0 Å². The average molecular weight is 183 g/mol. The van der Waals surface area contributed by atoms with E-state index in [4.69, 9.17) is 5.26 Å². The second-order valence-corrected chi connectivity index (χ2v) is 3.17. The van der Waals surface area contributed by atoms with E-state index in [-0.39, 0.29) is 18.0 Å². The van der Waals surface area contributed by atoms with Crippen molar-refractivity contribution in [3.8, 4) is 6.07 Å². The molecule has 0 bridgehead atoms. The van der Waals surface area contributed by atoms with Crippen LogP contribution in [0.4, 0.5) is 0 Å². The first-order chi connectivity index (χ1) is 6.04. The van der Waals surface area contributed by atoms with Crippen molar-refractivity contribution < 1.29 is 4.79 Å². The van der Waals surface area contributed by atoms with Gasteiger partial charge in [0.05, 0.1) is 18.5 Å². The van der Waals surface area contributed by atoms with Crippen LogP contribution in [0.2, 0.25) is 0 Å². The first-order valence-corrected chi connectivity index (χ1v) is 4.35. The third kappa shape index (κ3) is 3.43. The number of nitrogens with zero attached hydrogens (tertiary/aromatic N) is 2. The second kappa shape index (κ2) is 5.55. The van der Waals surface area contributed by atoms with E-state index < -0.39 is 0 Å². The molecule has 13 heavy (non-hydrogen) atoms. The Morgan fingerprint density at radius 1 is 1.62 bits per heavy atom. The van der Waals surface area contributed by atoms with Crippen LogP contribution < -0.4 is 5.32 Å². The van der Waals surface area contributed by atoms with Gasteiger partial charge >= 0.3 is 0 Å². The van der Waals surface area contributed by atoms with Crippen LogP contribution >= 0.6 is 0 Å². The average Bonchev–Trinajstić information content (AvgIpc) is 2.14. The van der Waals surface area contributed by atoms with Gasteiger partial charge in [0.1, 0.15) is 0 Å². The third-order valence-corrected chi connectivity index (χ3v) is 2.20. The molecule has 2 unspecified atom stereocenters. The first kappa shape index (κ1) is 11.9. The highest BCUT2D eigenvalue weighted by molar-refractivity contribution is 5.81. The van der Waals surface area contributed by atoms with Crippen LogP contribution in [-0.4, -0.2) is 37.0 Å². The number of nitrogens with one attached hydrogen (secondary N) is 1. The van der Waals surface area contributed by atoms with Gasteiger partial charge in [-0.15, -0.1) is 0 Å². The van der Waals surface area contributed by atoms with E-state index in [0.29, 0.717) is 6.42 Å². The molecule has 4 heteroatoms. The third-order valence-electron chi connectivity index (χ3n) is 2.20. The van der Waals surface area contributed by atoms with Gasteiger partial charge in [-0.3, -0.25) is 4.79 Å². The second-order valence-electron chi connectivity index (χ2n) is 3.17. The molecule has 0 rings (SSSR count). The number of nitriles is 1. The summed E-state index contributed by atoms with van der Waals surface area (Å²) >= 11 is 0. The minimum absolute atomic E-state index is 0.0188. The van der Waals surface area contributed by atoms with Gasteiger partial charge in [-0.05, 0) is 20.9 Å². The van der Waals surface area contributed by atoms with Gasteiger partial charge in [0, 0.05) is 13.1 Å². The van der Waals surface area contributed by atoms with E-state index >= 15 is 0 Å². The van der Waals surface area contributed by atoms with Gasteiger partial charge in [0.2, 0.25) is 5.91 Å². The van der Waals surface area contributed by atoms with Gasteiger partial charge in [0.25, 0.3) is 0 Å². The number of carbonyl (C=O) groups is 1. The fraction of sp³-hybridized carbons (Fsp3) is 0.778. The Bertz CT molecular complexity index is 209. The molecule has 0 aromatic carbocycles. The summed E-state index contributed by atoms with van der Waals surface area (Å²) in [6.45, 7) is 3.67. The molecule has 0 heterocycles. The van der Waals surface area contributed by atoms with Crippen LogP contribution in [0.25, 0.3) is 0 Å². The standard InChI is InChI=1S/C9H17N3O/c1-7(5-6-10)12(4)9(13)8(2)11-3/h7-8,11H,5H2,1-4H3. The van der Waals surface area contributed by atoms with E-state index in [2.05, 4.69) is 5.32 Å². The number of amides is 1. The number of hydrogen-bond donors (Lipinski definition) is 1. The largest absolute Gasteiger partial charge is 0.341 e. The Labute approximate surface area is 79.5 Å². The van der Waals surface area contributed by atoms with Crippen LogP contribution in [0.3, 0.4) is 0 Å². The van der Waals surface area contributed by atoms with Crippen molar-refractivity contribution in [2.75, 3.05) is 14.1 Å². The molecule has 74 valence electrons. The predicted octanol–water partition coefficient (Wildman–Crippen LogP) is 0.355. The Balaban J connectivity index is 4.18. The van der Waals surface area contributed by atoms with Crippen molar-refractivity contribution in [1.82, 2.24) is 10.2 Å². The Morgan fingerprint density at radius 2 is 2.15 bits per heavy atom. The van der Waals surface area contributed by atoms with Gasteiger partial charge in [-0.25, -0.2) is 0 Å². The lowest BCUT2D eigenvalue weighted by Crippen LogP contribution is -2.45. The van der Waals surface area contributed by atoms with Crippen LogP contribution in [-0.2, 0) is 4.79 Å². The highest BCUT2D eigenvalue weighted by atomic mass is 16.2. The monoisotopic (exact) mass is 183 g/mol. The highest BCUT2D eigenvalue weighted by Crippen LogP contribution is 2.02. The van der Waals surface area contributed by atoms with E-state index in [0.717, 1.165) is 0 Å². The molecule has 1 N–H and O–H groups in total. The normalized spacial score (nSPS) is 14.4. The fourth-order valence-corrected chi connectivity index (χ4v) is 0.915. The van der Waals surface area contributed by atoms with E-state index in [1.807, 2.05) is 13.0 Å². The predicted molar refractivity (Wildman–Crippen MR) is 51.0 cm³/mol. The SMILES string of the molecule is CNC(C)C(=O)N(C)C(C)CC#N. The number of hydrogen-bond acceptors (Lipinski definition) is 3. The summed E-state index contributed by atoms with van der Waals surface area (Å²) < 4.78 is 0. The lowest BCUT2D eigenvalue weighted by Gasteiger charge is -2.25. The van der Waals surface area contributed by atoms with Gasteiger partial charge in [0.15, 0.2) is 0 Å². The van der Waals surface area contributed by atoms with E-state index in [1.54, 1.807) is 25.9 Å². The molecular formula is C9H17N3O. The van der Waals surface area contributed by atoms with Crippen molar-refractivity contribution in [2.24, 2.45) is 0 Å². The number of likely N-dealkylation sites (N-methyl/N-ethyl adjacent to an activating group) is 2. The van der Waals surface area contributed by atoms with Crippen LogP contribution in [0.1, 0.15) is 20.3 Å². The van der Waals surface area contributed by atoms with Crippen molar-refractivity contribution in [3.05, 3.63) is 0 Å². The molecule has 0 aromatic heterocycles. The highest BCUT2D eigenvalue weighted by Gasteiger charge is 2.19. The Hall–Kier alpha value is -1.08. The summed E-state index contributed by atoms with van der Waals surface area (Å²) in [6.07, 6.45) is 0.374. The minimum Gasteiger partial charge on any atom is -0.341 e. The van der Waals surface area contributed by atoms with Crippen molar-refractivity contribution in [3.63, 3.8) is 0 Å². The molecule has 0 spiro atoms. The lowest BCUT2D eigenvalue weighted by molar-refractivity contribution is -0.133. The molecule has 0 aromatic rings. The van der Waals surface area contributed by atoms with Gasteiger partial charge in [-0.2, -0.15) is 5.26 Å². The zero-order chi connectivity index (χ0) is 10.4. The van der Waals surface area contributed by atoms with Crippen molar-refractivity contribution >= 4 is 5.91 Å². The van der Waals surface area contributed by atoms with Crippen LogP contribution in [0, 0.1) is 11.3 Å². The Morgan fingerprint density at radius 3 is 2.54 bits per heavy atom. The zero-order valence-corrected chi connectivity index (χ0v) is 8.66. The molecule has 2 atom stereocenters. The zero-order valence-electron chi connectivity index (χ0n) is 8.66. The minimum atomic E-state index is -0.189. The maximum absolute atomic E-state index is 11.5. The summed E-state index contributed by atoms with van der Waals surface area (Å²) in [6, 6.07) is 1.84. The smallest absolute Gasteiger partial charge is 0.239 e. The number of rotatable bonds is 4. The first-order valence-electron chi connectivity index (χ1n) is 4.35. The van der Waals surface area contributed by atoms with Gasteiger partial charge < -0.3 is 10.2 Å². The molecule has 0 radical (unpaired) electrons. The summed E-state index contributed by atoms with van der Waals surface area (Å²) in [5.74, 6) is 0.0188. The fourth-order valence-electron chi connectivity index (χ4n) is 0.915. The van der Waals surface area contributed by atoms with Crippen molar-refractivity contribution in [1.29, 1.82) is 5.26 Å². The quantitative estimate of drug-likeness (QED) is 0.684. The summed E-state index contributed by atoms with van der Waals surface area (Å²) in [4.78, 5) is 13.1. The molecule has 1 amide bonds. The molecule has 0 fully saturated rings. The van der Waals surface area contributed by atoms with Crippen molar-refractivity contribution in [2.45, 2.75) is 32.4 Å². The number of carbonyl (C=O) groups excluding carboxylic acids is 1. The molecule has 0 aliphatic carbocycles. The maximum Gasteiger partial charge on any atom is 0.239 e. The molecule has 0 saturated heterocycles. The molecule has 0 aliphatic heterocycles. The summed E-state index contributed by atoms with van der Waals surface area (Å²) in [5.41, 5.74) is 0. The molecule has 0 aliphatic rings. The van der Waals surface area contributed by atoms with Crippen LogP contribution in [0.5, 0.6) is 0 Å². The summed E-state index contributed by atoms with van der Waals surface area (Å²) in [5, 5.41) is 11.3. The van der Waals surface area contributed by atoms with Crippen LogP contribution in [0.15, 0.2) is 0 Å². The molecular weight excluding hydrogens is 166 g/mol. The topological polar surface area (TPSA) is 56.1 Å². The van der Waals surface area contributed by atoms with Gasteiger partial charge in [-0.1, -0.05) is 0 Å². The van der Waals surface area contributed by atoms with E-state index in [9.17, 15) is 4.79 Å². The Kier molecular flexibility index (Phi) is 5.09. The maximum atomic E-state index is 11.5. The molecule has 4 nitrogen and oxygen atoms in total. The lowest BCUT2D eigenvalue weighted by atomic mass is 10.2. The summed E-state index contributed by atoms with van der Waals surface area (Å²) in [7, 11) is 3.46. The molecule has 0 saturated carbocycles.